The Labute approximate surface area is 167 Å². The number of hydrogen-bond acceptors (Lipinski definition) is 3. The molecule has 28 heavy (non-hydrogen) atoms. The predicted octanol–water partition coefficient (Wildman–Crippen LogP) is 4.37. The highest BCUT2D eigenvalue weighted by Gasteiger charge is 2.60. The molecule has 3 fully saturated rings. The first-order valence-electron chi connectivity index (χ1n) is 10.9. The van der Waals surface area contributed by atoms with Crippen LogP contribution >= 0.6 is 0 Å². The quantitative estimate of drug-likeness (QED) is 0.238. The second-order valence-electron chi connectivity index (χ2n) is 10.1. The van der Waals surface area contributed by atoms with Crippen molar-refractivity contribution in [3.05, 3.63) is 17.2 Å². The van der Waals surface area contributed by atoms with Crippen LogP contribution in [-0.4, -0.2) is 28.9 Å². The van der Waals surface area contributed by atoms with Crippen molar-refractivity contribution >= 4 is 18.0 Å². The molecule has 3 saturated carbocycles. The molecule has 0 N–H and O–H groups in total. The maximum absolute atomic E-state index is 12.5. The summed E-state index contributed by atoms with van der Waals surface area (Å²) >= 11 is 0. The van der Waals surface area contributed by atoms with Crippen molar-refractivity contribution in [3.8, 4) is 0 Å². The second-order valence-corrected chi connectivity index (χ2v) is 10.1. The van der Waals surface area contributed by atoms with E-state index in [0.29, 0.717) is 17.8 Å². The van der Waals surface area contributed by atoms with Crippen LogP contribution in [0.3, 0.4) is 0 Å². The number of ketones is 1. The molecule has 5 nitrogen and oxygen atoms in total. The molecule has 7 atom stereocenters. The number of nitrogens with zero attached hydrogens (tertiary/aromatic N) is 2. The maximum Gasteiger partial charge on any atom is 0.323 e. The Balaban J connectivity index is 1.58. The minimum atomic E-state index is -0.176. The van der Waals surface area contributed by atoms with Crippen LogP contribution in [0.15, 0.2) is 11.6 Å². The second kappa shape index (κ2) is 6.95. The van der Waals surface area contributed by atoms with Crippen molar-refractivity contribution in [2.75, 3.05) is 0 Å². The molecule has 0 unspecified atom stereocenters. The van der Waals surface area contributed by atoms with E-state index in [1.54, 1.807) is 0 Å². The van der Waals surface area contributed by atoms with Gasteiger partial charge in [0.25, 0.3) is 0 Å². The SMILES string of the molecule is CC(=O)O[C@H]1CC[C@@]2(C)C(=CC[C@H]3[C@H]2CC[C@]2(C)[C@@H](C(=O)C=[N+]=[N-])CC[C@@H]32)C1. The molecule has 0 aromatic carbocycles. The number of Topliss-reactive ketones (excluding diaryl/α,β-unsaturated/α-hetero) is 1. The van der Waals surface area contributed by atoms with Crippen molar-refractivity contribution < 1.29 is 19.1 Å². The van der Waals surface area contributed by atoms with Crippen molar-refractivity contribution in [1.29, 1.82) is 0 Å². The molecule has 0 saturated heterocycles. The van der Waals surface area contributed by atoms with Crippen LogP contribution in [0.4, 0.5) is 0 Å². The first-order chi connectivity index (χ1) is 13.3. The van der Waals surface area contributed by atoms with E-state index in [2.05, 4.69) is 24.7 Å². The summed E-state index contributed by atoms with van der Waals surface area (Å²) in [4.78, 5) is 26.9. The lowest BCUT2D eigenvalue weighted by atomic mass is 9.47. The zero-order chi connectivity index (χ0) is 20.1. The van der Waals surface area contributed by atoms with Gasteiger partial charge in [-0.15, -0.1) is 0 Å². The summed E-state index contributed by atoms with van der Waals surface area (Å²) in [5.41, 5.74) is 10.5. The summed E-state index contributed by atoms with van der Waals surface area (Å²) in [5, 5.41) is 0. The van der Waals surface area contributed by atoms with Crippen LogP contribution in [0, 0.1) is 34.5 Å². The zero-order valence-electron chi connectivity index (χ0n) is 17.3. The van der Waals surface area contributed by atoms with Gasteiger partial charge in [-0.3, -0.25) is 9.59 Å². The Morgan fingerprint density at radius 1 is 1.18 bits per heavy atom. The molecule has 4 rings (SSSR count). The molecule has 5 heteroatoms. The van der Waals surface area contributed by atoms with E-state index in [4.69, 9.17) is 10.3 Å². The highest BCUT2D eigenvalue weighted by atomic mass is 16.5. The van der Waals surface area contributed by atoms with Gasteiger partial charge in [0.05, 0.1) is 0 Å². The molecule has 0 spiro atoms. The number of rotatable bonds is 3. The molecule has 0 amide bonds. The minimum absolute atomic E-state index is 0.00719. The summed E-state index contributed by atoms with van der Waals surface area (Å²) in [6.45, 7) is 6.23. The highest BCUT2D eigenvalue weighted by Crippen LogP contribution is 2.66. The Kier molecular flexibility index (Phi) is 4.86. The third-order valence-corrected chi connectivity index (χ3v) is 8.92. The van der Waals surface area contributed by atoms with E-state index < -0.39 is 0 Å². The summed E-state index contributed by atoms with van der Waals surface area (Å²) in [5.74, 6) is 1.65. The number of esters is 1. The first kappa shape index (κ1) is 19.6. The van der Waals surface area contributed by atoms with Crippen LogP contribution in [0.25, 0.3) is 5.53 Å². The number of fused-ring (bicyclic) bond motifs is 5. The minimum Gasteiger partial charge on any atom is -0.462 e. The van der Waals surface area contributed by atoms with E-state index in [9.17, 15) is 9.59 Å². The molecule has 0 bridgehead atoms. The zero-order valence-corrected chi connectivity index (χ0v) is 17.3. The van der Waals surface area contributed by atoms with Crippen molar-refractivity contribution in [1.82, 2.24) is 0 Å². The van der Waals surface area contributed by atoms with E-state index in [0.717, 1.165) is 57.6 Å². The van der Waals surface area contributed by atoms with Gasteiger partial charge in [-0.05, 0) is 73.5 Å². The standard InChI is InChI=1S/C23H32N2O3/c1-14(26)28-16-8-10-22(2)15(12-16)4-5-17-18-6-7-20(21(27)13-25-24)23(18,3)11-9-19(17)22/h4,13,16-20H,5-12H2,1-3H3/t16-,17+,18-,19+,20+,22-,23-/m0/s1. The normalized spacial score (nSPS) is 44.2. The lowest BCUT2D eigenvalue weighted by Gasteiger charge is -2.57. The third kappa shape index (κ3) is 2.90. The van der Waals surface area contributed by atoms with Crippen LogP contribution in [0.1, 0.15) is 72.1 Å². The van der Waals surface area contributed by atoms with Gasteiger partial charge in [0, 0.05) is 19.3 Å². The summed E-state index contributed by atoms with van der Waals surface area (Å²) in [7, 11) is 0. The van der Waals surface area contributed by atoms with Crippen LogP contribution in [0.2, 0.25) is 0 Å². The van der Waals surface area contributed by atoms with Crippen LogP contribution in [-0.2, 0) is 14.3 Å². The van der Waals surface area contributed by atoms with E-state index in [1.807, 2.05) is 0 Å². The molecule has 0 aliphatic heterocycles. The number of ether oxygens (including phenoxy) is 1. The molecule has 4 aliphatic rings. The number of carbonyl (C=O) groups is 2. The smallest absolute Gasteiger partial charge is 0.323 e. The molecule has 0 radical (unpaired) electrons. The molecule has 0 heterocycles. The fourth-order valence-corrected chi connectivity index (χ4v) is 7.58. The largest absolute Gasteiger partial charge is 0.462 e. The lowest BCUT2D eigenvalue weighted by Crippen LogP contribution is -2.51. The van der Waals surface area contributed by atoms with E-state index in [-0.39, 0.29) is 34.6 Å². The van der Waals surface area contributed by atoms with Crippen LogP contribution < -0.4 is 0 Å². The van der Waals surface area contributed by atoms with Gasteiger partial charge in [-0.25, -0.2) is 0 Å². The Hall–Kier alpha value is -1.74. The van der Waals surface area contributed by atoms with Gasteiger partial charge >= 0.3 is 12.2 Å². The van der Waals surface area contributed by atoms with Crippen molar-refractivity contribution in [3.63, 3.8) is 0 Å². The van der Waals surface area contributed by atoms with Gasteiger partial charge in [0.15, 0.2) is 0 Å². The van der Waals surface area contributed by atoms with Gasteiger partial charge in [-0.1, -0.05) is 25.5 Å². The number of carbonyl (C=O) groups excluding carboxylic acids is 2. The molecular formula is C23H32N2O3. The summed E-state index contributed by atoms with van der Waals surface area (Å²) in [6.07, 6.45) is 11.8. The van der Waals surface area contributed by atoms with Gasteiger partial charge < -0.3 is 10.3 Å². The fourth-order valence-electron chi connectivity index (χ4n) is 7.58. The molecule has 152 valence electrons. The molecule has 0 aromatic heterocycles. The monoisotopic (exact) mass is 384 g/mol. The topological polar surface area (TPSA) is 79.8 Å². The predicted molar refractivity (Wildman–Crippen MR) is 105 cm³/mol. The Morgan fingerprint density at radius 3 is 2.68 bits per heavy atom. The number of hydrogen-bond donors (Lipinski definition) is 0. The van der Waals surface area contributed by atoms with Crippen LogP contribution in [0.5, 0.6) is 0 Å². The average Bonchev–Trinajstić information content (AvgIpc) is 2.99. The molecular weight excluding hydrogens is 352 g/mol. The third-order valence-electron chi connectivity index (χ3n) is 8.92. The molecule has 4 aliphatic carbocycles. The number of allylic oxidation sites excluding steroid dienone is 1. The summed E-state index contributed by atoms with van der Waals surface area (Å²) < 4.78 is 5.52. The van der Waals surface area contributed by atoms with Gasteiger partial charge in [0.2, 0.25) is 5.78 Å². The first-order valence-corrected chi connectivity index (χ1v) is 10.9. The fraction of sp³-hybridized carbons (Fsp3) is 0.783. The maximum atomic E-state index is 12.5. The van der Waals surface area contributed by atoms with Gasteiger partial charge in [-0.2, -0.15) is 4.79 Å². The highest BCUT2D eigenvalue weighted by molar-refractivity contribution is 6.26. The Bertz CT molecular complexity index is 768. The Morgan fingerprint density at radius 2 is 1.96 bits per heavy atom. The lowest BCUT2D eigenvalue weighted by molar-refractivity contribution is -0.149. The van der Waals surface area contributed by atoms with Gasteiger partial charge in [0.1, 0.15) is 6.10 Å². The summed E-state index contributed by atoms with van der Waals surface area (Å²) in [6, 6.07) is 0. The van der Waals surface area contributed by atoms with E-state index in [1.165, 1.54) is 12.5 Å². The average molecular weight is 385 g/mol. The van der Waals surface area contributed by atoms with E-state index >= 15 is 0 Å². The van der Waals surface area contributed by atoms with Crippen molar-refractivity contribution in [2.45, 2.75) is 78.2 Å². The molecule has 0 aromatic rings. The van der Waals surface area contributed by atoms with Crippen molar-refractivity contribution in [2.24, 2.45) is 34.5 Å².